The predicted molar refractivity (Wildman–Crippen MR) is 135 cm³/mol. The molecule has 2 amide bonds. The van der Waals surface area contributed by atoms with E-state index in [1.165, 1.54) is 5.56 Å². The van der Waals surface area contributed by atoms with Crippen LogP contribution in [0.5, 0.6) is 11.5 Å². The van der Waals surface area contributed by atoms with Crippen molar-refractivity contribution in [3.63, 3.8) is 0 Å². The van der Waals surface area contributed by atoms with E-state index in [0.29, 0.717) is 30.2 Å². The van der Waals surface area contributed by atoms with E-state index < -0.39 is 10.0 Å². The highest BCUT2D eigenvalue weighted by Crippen LogP contribution is 2.24. The van der Waals surface area contributed by atoms with Gasteiger partial charge in [0, 0.05) is 44.5 Å². The number of hydrogen-bond donors (Lipinski definition) is 4. The van der Waals surface area contributed by atoms with Crippen LogP contribution >= 0.6 is 12.4 Å². The normalized spacial score (nSPS) is 14.6. The average Bonchev–Trinajstić information content (AvgIpc) is 2.77. The zero-order chi connectivity index (χ0) is 23.7. The first-order chi connectivity index (χ1) is 15.8. The van der Waals surface area contributed by atoms with Gasteiger partial charge in [-0.25, -0.2) is 13.2 Å². The quantitative estimate of drug-likeness (QED) is 0.363. The maximum Gasteiger partial charge on any atom is 0.315 e. The molecule has 9 nitrogen and oxygen atoms in total. The minimum Gasteiger partial charge on any atom is -0.457 e. The highest BCUT2D eigenvalue weighted by Gasteiger charge is 2.20. The first-order valence-electron chi connectivity index (χ1n) is 11.0. The topological polar surface area (TPSA) is 120 Å². The highest BCUT2D eigenvalue weighted by molar-refractivity contribution is 7.92. The number of halogens is 1. The van der Waals surface area contributed by atoms with Crippen molar-refractivity contribution in [3.05, 3.63) is 54.1 Å². The van der Waals surface area contributed by atoms with Crippen LogP contribution < -0.4 is 20.1 Å². The Balaban J connectivity index is 0.00000408. The van der Waals surface area contributed by atoms with Crippen LogP contribution in [0.3, 0.4) is 0 Å². The van der Waals surface area contributed by atoms with Crippen molar-refractivity contribution in [2.24, 2.45) is 0 Å². The summed E-state index contributed by atoms with van der Waals surface area (Å²) < 4.78 is 30.8. The predicted octanol–water partition coefficient (Wildman–Crippen LogP) is 2.92. The summed E-state index contributed by atoms with van der Waals surface area (Å²) >= 11 is 0. The van der Waals surface area contributed by atoms with Gasteiger partial charge in [-0.1, -0.05) is 12.1 Å². The summed E-state index contributed by atoms with van der Waals surface area (Å²) in [6, 6.07) is 14.7. The van der Waals surface area contributed by atoms with Crippen LogP contribution in [-0.2, 0) is 16.6 Å². The number of nitrogens with one attached hydrogen (secondary N) is 3. The number of ether oxygens (including phenoxy) is 1. The van der Waals surface area contributed by atoms with Crippen LogP contribution in [0.25, 0.3) is 0 Å². The van der Waals surface area contributed by atoms with Crippen molar-refractivity contribution in [1.29, 1.82) is 0 Å². The monoisotopic (exact) mass is 512 g/mol. The Kier molecular flexibility index (Phi) is 10.9. The second kappa shape index (κ2) is 13.4. The van der Waals surface area contributed by atoms with Gasteiger partial charge in [0.25, 0.3) is 0 Å². The molecule has 34 heavy (non-hydrogen) atoms. The number of nitrogens with zero attached hydrogens (tertiary/aromatic N) is 1. The molecule has 1 saturated heterocycles. The number of urea groups is 1. The van der Waals surface area contributed by atoms with Gasteiger partial charge in [0.2, 0.25) is 10.0 Å². The average molecular weight is 513 g/mol. The minimum atomic E-state index is -3.30. The molecule has 0 atom stereocenters. The van der Waals surface area contributed by atoms with E-state index in [0.717, 1.165) is 38.7 Å². The van der Waals surface area contributed by atoms with Gasteiger partial charge >= 0.3 is 6.03 Å². The summed E-state index contributed by atoms with van der Waals surface area (Å²) in [6.45, 7) is 3.21. The standard InChI is InChI=1S/C23H32N4O5S.ClH/c1-33(30,31)26-20-5-9-22(10-6-20)32-21-7-3-18(4-8-21)17-27-14-11-19(12-15-27)25-23(29)24-13-2-16-28;/h3-10,19,26,28H,2,11-17H2,1H3,(H2,24,25,29);1H. The van der Waals surface area contributed by atoms with Crippen molar-refractivity contribution in [2.45, 2.75) is 31.8 Å². The van der Waals surface area contributed by atoms with Gasteiger partial charge in [0.1, 0.15) is 11.5 Å². The van der Waals surface area contributed by atoms with Crippen molar-refractivity contribution in [2.75, 3.05) is 37.2 Å². The van der Waals surface area contributed by atoms with Gasteiger partial charge < -0.3 is 20.5 Å². The van der Waals surface area contributed by atoms with E-state index in [9.17, 15) is 13.2 Å². The number of piperidine rings is 1. The molecule has 0 unspecified atom stereocenters. The summed E-state index contributed by atoms with van der Waals surface area (Å²) in [4.78, 5) is 14.2. The number of aliphatic hydroxyl groups excluding tert-OH is 1. The number of likely N-dealkylation sites (tertiary alicyclic amines) is 1. The lowest BCUT2D eigenvalue weighted by Crippen LogP contribution is -2.47. The van der Waals surface area contributed by atoms with E-state index in [-0.39, 0.29) is 31.1 Å². The molecule has 1 aliphatic heterocycles. The zero-order valence-electron chi connectivity index (χ0n) is 19.2. The fraction of sp³-hybridized carbons (Fsp3) is 0.435. The van der Waals surface area contributed by atoms with Crippen molar-refractivity contribution >= 4 is 34.1 Å². The number of carbonyl (C=O) groups excluding carboxylic acids is 1. The molecule has 0 radical (unpaired) electrons. The molecule has 188 valence electrons. The first kappa shape index (κ1) is 27.7. The maximum atomic E-state index is 11.8. The third-order valence-corrected chi connectivity index (χ3v) is 5.87. The third-order valence-electron chi connectivity index (χ3n) is 5.27. The van der Waals surface area contributed by atoms with Gasteiger partial charge in [-0.2, -0.15) is 0 Å². The molecule has 0 spiro atoms. The first-order valence-corrected chi connectivity index (χ1v) is 12.9. The van der Waals surface area contributed by atoms with E-state index in [2.05, 4.69) is 20.3 Å². The molecule has 0 aliphatic carbocycles. The lowest BCUT2D eigenvalue weighted by molar-refractivity contribution is 0.186. The lowest BCUT2D eigenvalue weighted by Gasteiger charge is -2.32. The van der Waals surface area contributed by atoms with Gasteiger partial charge in [-0.05, 0) is 61.2 Å². The molecule has 0 saturated carbocycles. The molecular formula is C23H33ClN4O5S. The van der Waals surface area contributed by atoms with Gasteiger partial charge in [-0.3, -0.25) is 9.62 Å². The van der Waals surface area contributed by atoms with Gasteiger partial charge in [0.05, 0.1) is 6.26 Å². The Bertz CT molecular complexity index is 995. The minimum absolute atomic E-state index is 0. The van der Waals surface area contributed by atoms with Crippen molar-refractivity contribution < 1.29 is 23.1 Å². The number of aliphatic hydroxyl groups is 1. The molecule has 2 aromatic rings. The van der Waals surface area contributed by atoms with E-state index in [1.807, 2.05) is 24.3 Å². The Morgan fingerprint density at radius 3 is 2.21 bits per heavy atom. The largest absolute Gasteiger partial charge is 0.457 e. The fourth-order valence-electron chi connectivity index (χ4n) is 3.62. The lowest BCUT2D eigenvalue weighted by atomic mass is 10.0. The number of sulfonamides is 1. The van der Waals surface area contributed by atoms with Crippen LogP contribution in [0.4, 0.5) is 10.5 Å². The maximum absolute atomic E-state index is 11.8. The van der Waals surface area contributed by atoms with Crippen LogP contribution in [-0.4, -0.2) is 63.0 Å². The molecule has 0 bridgehead atoms. The second-order valence-electron chi connectivity index (χ2n) is 8.17. The van der Waals surface area contributed by atoms with E-state index in [1.54, 1.807) is 24.3 Å². The second-order valence-corrected chi connectivity index (χ2v) is 9.92. The Hall–Kier alpha value is -2.53. The summed E-state index contributed by atoms with van der Waals surface area (Å²) in [7, 11) is -3.30. The SMILES string of the molecule is CS(=O)(=O)Nc1ccc(Oc2ccc(CN3CCC(NC(=O)NCCCO)CC3)cc2)cc1.Cl. The van der Waals surface area contributed by atoms with Gasteiger partial charge in [0.15, 0.2) is 0 Å². The molecule has 11 heteroatoms. The van der Waals surface area contributed by atoms with E-state index in [4.69, 9.17) is 9.84 Å². The number of anilines is 1. The molecular weight excluding hydrogens is 480 g/mol. The fourth-order valence-corrected chi connectivity index (χ4v) is 4.18. The van der Waals surface area contributed by atoms with Crippen molar-refractivity contribution in [1.82, 2.24) is 15.5 Å². The Labute approximate surface area is 207 Å². The van der Waals surface area contributed by atoms with Gasteiger partial charge in [-0.15, -0.1) is 12.4 Å². The third kappa shape index (κ3) is 9.76. The summed E-state index contributed by atoms with van der Waals surface area (Å²) in [5.41, 5.74) is 1.67. The highest BCUT2D eigenvalue weighted by atomic mass is 35.5. The van der Waals surface area contributed by atoms with Crippen LogP contribution in [0.15, 0.2) is 48.5 Å². The zero-order valence-corrected chi connectivity index (χ0v) is 20.8. The summed E-state index contributed by atoms with van der Waals surface area (Å²) in [5.74, 6) is 1.33. The molecule has 4 N–H and O–H groups in total. The van der Waals surface area contributed by atoms with Crippen molar-refractivity contribution in [3.8, 4) is 11.5 Å². The van der Waals surface area contributed by atoms with Crippen LogP contribution in [0.1, 0.15) is 24.8 Å². The molecule has 2 aromatic carbocycles. The molecule has 1 fully saturated rings. The van der Waals surface area contributed by atoms with Crippen LogP contribution in [0.2, 0.25) is 0 Å². The molecule has 1 heterocycles. The molecule has 1 aliphatic rings. The summed E-state index contributed by atoms with van der Waals surface area (Å²) in [5, 5.41) is 14.5. The summed E-state index contributed by atoms with van der Waals surface area (Å²) in [6.07, 6.45) is 3.47. The number of benzene rings is 2. The molecule has 3 rings (SSSR count). The Morgan fingerprint density at radius 1 is 1.06 bits per heavy atom. The smallest absolute Gasteiger partial charge is 0.315 e. The molecule has 0 aromatic heterocycles. The number of hydrogen-bond acceptors (Lipinski definition) is 6. The number of amides is 2. The number of carbonyl (C=O) groups is 1. The van der Waals surface area contributed by atoms with Crippen LogP contribution in [0, 0.1) is 0 Å². The Morgan fingerprint density at radius 2 is 1.65 bits per heavy atom. The van der Waals surface area contributed by atoms with E-state index >= 15 is 0 Å². The number of rotatable bonds is 10.